The number of carbonyl (C=O) groups excluding carboxylic acids is 1. The van der Waals surface area contributed by atoms with Crippen molar-refractivity contribution in [3.8, 4) is 6.07 Å². The third-order valence-corrected chi connectivity index (χ3v) is 3.29. The van der Waals surface area contributed by atoms with Gasteiger partial charge in [0.2, 0.25) is 0 Å². The molecule has 0 fully saturated rings. The van der Waals surface area contributed by atoms with Crippen molar-refractivity contribution in [2.75, 3.05) is 19.6 Å². The molecule has 0 radical (unpaired) electrons. The van der Waals surface area contributed by atoms with E-state index >= 15 is 0 Å². The van der Waals surface area contributed by atoms with Crippen molar-refractivity contribution in [2.24, 2.45) is 11.3 Å². The molecule has 0 aromatic carbocycles. The molecule has 0 saturated carbocycles. The molecule has 0 bridgehead atoms. The van der Waals surface area contributed by atoms with Gasteiger partial charge in [0.05, 0.1) is 17.9 Å². The summed E-state index contributed by atoms with van der Waals surface area (Å²) in [4.78, 5) is 24.8. The van der Waals surface area contributed by atoms with Gasteiger partial charge in [-0.2, -0.15) is 5.26 Å². The SMILES string of the molecule is CCC(C)(CNC(=O)N(CCC#N)CC(C)C)C(=O)O. The molecule has 1 unspecified atom stereocenters. The Balaban J connectivity index is 4.60. The summed E-state index contributed by atoms with van der Waals surface area (Å²) in [6, 6.07) is 1.70. The Hall–Kier alpha value is -1.77. The van der Waals surface area contributed by atoms with Crippen LogP contribution in [0.4, 0.5) is 4.79 Å². The van der Waals surface area contributed by atoms with Crippen LogP contribution in [0.15, 0.2) is 0 Å². The molecule has 1 atom stereocenters. The van der Waals surface area contributed by atoms with Gasteiger partial charge in [0.1, 0.15) is 0 Å². The number of carboxylic acids is 1. The Morgan fingerprint density at radius 1 is 1.45 bits per heavy atom. The number of nitriles is 1. The van der Waals surface area contributed by atoms with Crippen LogP contribution >= 0.6 is 0 Å². The highest BCUT2D eigenvalue weighted by molar-refractivity contribution is 5.77. The van der Waals surface area contributed by atoms with E-state index in [0.29, 0.717) is 19.5 Å². The number of carboxylic acid groups (broad SMARTS) is 1. The molecule has 0 aliphatic heterocycles. The zero-order valence-electron chi connectivity index (χ0n) is 12.8. The van der Waals surface area contributed by atoms with Crippen molar-refractivity contribution in [1.29, 1.82) is 5.26 Å². The molecule has 0 aromatic rings. The summed E-state index contributed by atoms with van der Waals surface area (Å²) in [5, 5.41) is 20.4. The second kappa shape index (κ2) is 8.41. The van der Waals surface area contributed by atoms with Crippen LogP contribution in [0.1, 0.15) is 40.5 Å². The van der Waals surface area contributed by atoms with Crippen molar-refractivity contribution < 1.29 is 14.7 Å². The fourth-order valence-corrected chi connectivity index (χ4v) is 1.64. The van der Waals surface area contributed by atoms with Gasteiger partial charge >= 0.3 is 12.0 Å². The standard InChI is InChI=1S/C14H25N3O3/c1-5-14(4,12(18)19)10-16-13(20)17(8-6-7-15)9-11(2)3/h11H,5-6,8-10H2,1-4H3,(H,16,20)(H,18,19). The van der Waals surface area contributed by atoms with E-state index in [9.17, 15) is 9.59 Å². The fraction of sp³-hybridized carbons (Fsp3) is 0.786. The van der Waals surface area contributed by atoms with Gasteiger partial charge in [0.15, 0.2) is 0 Å². The van der Waals surface area contributed by atoms with E-state index in [1.807, 2.05) is 19.9 Å². The number of nitrogens with zero attached hydrogens (tertiary/aromatic N) is 2. The van der Waals surface area contributed by atoms with E-state index < -0.39 is 11.4 Å². The molecule has 0 aliphatic carbocycles. The number of rotatable bonds is 8. The number of nitrogens with one attached hydrogen (secondary N) is 1. The van der Waals surface area contributed by atoms with E-state index in [1.54, 1.807) is 18.7 Å². The van der Waals surface area contributed by atoms with Crippen molar-refractivity contribution in [2.45, 2.75) is 40.5 Å². The minimum absolute atomic E-state index is 0.0822. The molecular formula is C14H25N3O3. The topological polar surface area (TPSA) is 93.4 Å². The minimum Gasteiger partial charge on any atom is -0.481 e. The number of carbonyl (C=O) groups is 2. The van der Waals surface area contributed by atoms with Gasteiger partial charge in [-0.1, -0.05) is 20.8 Å². The van der Waals surface area contributed by atoms with Crippen LogP contribution in [0.2, 0.25) is 0 Å². The quantitative estimate of drug-likeness (QED) is 0.713. The summed E-state index contributed by atoms with van der Waals surface area (Å²) in [5.41, 5.74) is -0.964. The number of urea groups is 1. The first-order valence-corrected chi connectivity index (χ1v) is 6.90. The van der Waals surface area contributed by atoms with Crippen LogP contribution in [0, 0.1) is 22.7 Å². The normalized spacial score (nSPS) is 13.4. The molecule has 6 nitrogen and oxygen atoms in total. The van der Waals surface area contributed by atoms with Gasteiger partial charge in [-0.25, -0.2) is 4.79 Å². The van der Waals surface area contributed by atoms with Crippen LogP contribution in [-0.4, -0.2) is 41.6 Å². The Kier molecular flexibility index (Phi) is 7.67. The molecule has 0 heterocycles. The first kappa shape index (κ1) is 18.2. The molecule has 6 heteroatoms. The molecule has 20 heavy (non-hydrogen) atoms. The lowest BCUT2D eigenvalue weighted by Crippen LogP contribution is -2.47. The molecule has 0 saturated heterocycles. The van der Waals surface area contributed by atoms with Crippen molar-refractivity contribution >= 4 is 12.0 Å². The number of hydrogen-bond donors (Lipinski definition) is 2. The van der Waals surface area contributed by atoms with Gasteiger partial charge in [0.25, 0.3) is 0 Å². The van der Waals surface area contributed by atoms with Gasteiger partial charge < -0.3 is 15.3 Å². The molecule has 2 amide bonds. The first-order valence-electron chi connectivity index (χ1n) is 6.90. The zero-order chi connectivity index (χ0) is 15.8. The molecular weight excluding hydrogens is 258 g/mol. The summed E-state index contributed by atoms with van der Waals surface area (Å²) in [6.45, 7) is 8.35. The van der Waals surface area contributed by atoms with E-state index in [-0.39, 0.29) is 24.9 Å². The van der Waals surface area contributed by atoms with Gasteiger partial charge in [0, 0.05) is 19.6 Å². The highest BCUT2D eigenvalue weighted by Gasteiger charge is 2.32. The van der Waals surface area contributed by atoms with Gasteiger partial charge in [-0.3, -0.25) is 4.79 Å². The van der Waals surface area contributed by atoms with Crippen LogP contribution in [0.3, 0.4) is 0 Å². The van der Waals surface area contributed by atoms with Gasteiger partial charge in [-0.15, -0.1) is 0 Å². The fourth-order valence-electron chi connectivity index (χ4n) is 1.64. The number of amides is 2. The average Bonchev–Trinajstić information content (AvgIpc) is 2.39. The van der Waals surface area contributed by atoms with E-state index in [4.69, 9.17) is 10.4 Å². The predicted molar refractivity (Wildman–Crippen MR) is 76.1 cm³/mol. The Morgan fingerprint density at radius 3 is 2.45 bits per heavy atom. The van der Waals surface area contributed by atoms with E-state index in [0.717, 1.165) is 0 Å². The average molecular weight is 283 g/mol. The third kappa shape index (κ3) is 5.91. The maximum absolute atomic E-state index is 12.1. The number of aliphatic carboxylic acids is 1. The Labute approximate surface area is 120 Å². The second-order valence-electron chi connectivity index (χ2n) is 5.63. The van der Waals surface area contributed by atoms with Crippen LogP contribution in [0.5, 0.6) is 0 Å². The highest BCUT2D eigenvalue weighted by Crippen LogP contribution is 2.20. The van der Waals surface area contributed by atoms with Crippen molar-refractivity contribution in [1.82, 2.24) is 10.2 Å². The molecule has 0 aromatic heterocycles. The van der Waals surface area contributed by atoms with Crippen LogP contribution < -0.4 is 5.32 Å². The Bertz CT molecular complexity index is 376. The molecule has 2 N–H and O–H groups in total. The minimum atomic E-state index is -0.964. The van der Waals surface area contributed by atoms with Crippen LogP contribution in [-0.2, 0) is 4.79 Å². The summed E-state index contributed by atoms with van der Waals surface area (Å²) in [5.74, 6) is -0.635. The Morgan fingerprint density at radius 2 is 2.05 bits per heavy atom. The van der Waals surface area contributed by atoms with Crippen LogP contribution in [0.25, 0.3) is 0 Å². The second-order valence-corrected chi connectivity index (χ2v) is 5.63. The summed E-state index contributed by atoms with van der Waals surface area (Å²) >= 11 is 0. The number of hydrogen-bond acceptors (Lipinski definition) is 3. The molecule has 114 valence electrons. The monoisotopic (exact) mass is 283 g/mol. The maximum atomic E-state index is 12.1. The lowest BCUT2D eigenvalue weighted by molar-refractivity contribution is -0.147. The lowest BCUT2D eigenvalue weighted by Gasteiger charge is -2.28. The summed E-state index contributed by atoms with van der Waals surface area (Å²) in [6.07, 6.45) is 0.703. The van der Waals surface area contributed by atoms with E-state index in [2.05, 4.69) is 5.32 Å². The van der Waals surface area contributed by atoms with Gasteiger partial charge in [-0.05, 0) is 19.3 Å². The zero-order valence-corrected chi connectivity index (χ0v) is 12.8. The lowest BCUT2D eigenvalue weighted by atomic mass is 9.88. The summed E-state index contributed by atoms with van der Waals surface area (Å²) in [7, 11) is 0. The molecule has 0 spiro atoms. The smallest absolute Gasteiger partial charge is 0.317 e. The van der Waals surface area contributed by atoms with Crippen molar-refractivity contribution in [3.63, 3.8) is 0 Å². The van der Waals surface area contributed by atoms with Crippen molar-refractivity contribution in [3.05, 3.63) is 0 Å². The third-order valence-electron chi connectivity index (χ3n) is 3.29. The largest absolute Gasteiger partial charge is 0.481 e. The molecule has 0 aliphatic rings. The first-order chi connectivity index (χ1) is 9.26. The predicted octanol–water partition coefficient (Wildman–Crippen LogP) is 2.07. The summed E-state index contributed by atoms with van der Waals surface area (Å²) < 4.78 is 0. The maximum Gasteiger partial charge on any atom is 0.317 e. The molecule has 0 rings (SSSR count). The highest BCUT2D eigenvalue weighted by atomic mass is 16.4. The van der Waals surface area contributed by atoms with E-state index in [1.165, 1.54) is 0 Å².